The summed E-state index contributed by atoms with van der Waals surface area (Å²) in [6.07, 6.45) is -5.63. The van der Waals surface area contributed by atoms with Crippen molar-refractivity contribution in [1.29, 1.82) is 0 Å². The highest BCUT2D eigenvalue weighted by Gasteiger charge is 2.31. The van der Waals surface area contributed by atoms with E-state index >= 15 is 0 Å². The van der Waals surface area contributed by atoms with Crippen molar-refractivity contribution in [3.63, 3.8) is 0 Å². The van der Waals surface area contributed by atoms with Gasteiger partial charge in [0.1, 0.15) is 0 Å². The van der Waals surface area contributed by atoms with Crippen molar-refractivity contribution in [2.75, 3.05) is 0 Å². The van der Waals surface area contributed by atoms with Crippen LogP contribution in [0.4, 0.5) is 13.2 Å². The normalized spacial score (nSPS) is 12.5. The number of carbonyl (C=O) groups is 1. The van der Waals surface area contributed by atoms with Gasteiger partial charge in [0, 0.05) is 11.8 Å². The lowest BCUT2D eigenvalue weighted by atomic mass is 10.2. The van der Waals surface area contributed by atoms with E-state index in [1.165, 1.54) is 26.0 Å². The maximum atomic E-state index is 13.1. The molecule has 1 unspecified atom stereocenters. The maximum absolute atomic E-state index is 13.1. The molecule has 11 heteroatoms. The molecular formula is C23H17F3N4O4. The number of fused-ring (bicyclic) bond motifs is 1. The number of rotatable bonds is 4. The Balaban J connectivity index is 1.67. The van der Waals surface area contributed by atoms with Crippen LogP contribution in [0, 0.1) is 6.92 Å². The first-order chi connectivity index (χ1) is 16.0. The van der Waals surface area contributed by atoms with Gasteiger partial charge in [0.05, 0.1) is 22.2 Å². The highest BCUT2D eigenvalue weighted by Crippen LogP contribution is 2.30. The number of aromatic amines is 1. The van der Waals surface area contributed by atoms with Crippen LogP contribution in [0.3, 0.4) is 0 Å². The van der Waals surface area contributed by atoms with Crippen molar-refractivity contribution in [3.05, 3.63) is 98.0 Å². The number of benzene rings is 2. The first kappa shape index (κ1) is 22.9. The number of halogens is 3. The van der Waals surface area contributed by atoms with Gasteiger partial charge in [-0.2, -0.15) is 18.3 Å². The minimum Gasteiger partial charge on any atom is -0.450 e. The molecule has 4 rings (SSSR count). The molecule has 0 aliphatic carbocycles. The van der Waals surface area contributed by atoms with E-state index in [0.29, 0.717) is 10.9 Å². The Morgan fingerprint density at radius 1 is 1.09 bits per heavy atom. The number of esters is 1. The van der Waals surface area contributed by atoms with Gasteiger partial charge in [-0.3, -0.25) is 9.59 Å². The number of nitrogens with one attached hydrogen (secondary N) is 1. The molecule has 2 aromatic heterocycles. The average Bonchev–Trinajstić information content (AvgIpc) is 2.78. The molecule has 0 aliphatic rings. The summed E-state index contributed by atoms with van der Waals surface area (Å²) in [5.41, 5.74) is -2.11. The topological polar surface area (TPSA) is 107 Å². The number of para-hydroxylation sites is 1. The second kappa shape index (κ2) is 8.58. The quantitative estimate of drug-likeness (QED) is 0.456. The number of H-pyrrole nitrogens is 1. The van der Waals surface area contributed by atoms with Crippen LogP contribution in [0.25, 0.3) is 16.6 Å². The first-order valence-corrected chi connectivity index (χ1v) is 10.0. The largest absolute Gasteiger partial charge is 0.450 e. The number of nitrogens with zero attached hydrogens (tertiary/aromatic N) is 3. The van der Waals surface area contributed by atoms with Crippen molar-refractivity contribution >= 4 is 16.9 Å². The molecule has 2 aromatic carbocycles. The summed E-state index contributed by atoms with van der Waals surface area (Å²) in [4.78, 5) is 44.2. The van der Waals surface area contributed by atoms with Crippen molar-refractivity contribution in [2.24, 2.45) is 0 Å². The van der Waals surface area contributed by atoms with E-state index in [1.807, 2.05) is 0 Å². The minimum absolute atomic E-state index is 0.00921. The molecular weight excluding hydrogens is 453 g/mol. The van der Waals surface area contributed by atoms with Crippen LogP contribution < -0.4 is 11.0 Å². The lowest BCUT2D eigenvalue weighted by molar-refractivity contribution is -0.137. The Kier molecular flexibility index (Phi) is 5.78. The highest BCUT2D eigenvalue weighted by atomic mass is 19.4. The Morgan fingerprint density at radius 2 is 1.82 bits per heavy atom. The third kappa shape index (κ3) is 4.45. The Bertz CT molecular complexity index is 1530. The fourth-order valence-electron chi connectivity index (χ4n) is 3.33. The minimum atomic E-state index is -4.58. The van der Waals surface area contributed by atoms with Crippen LogP contribution in [0.1, 0.15) is 40.6 Å². The molecule has 0 saturated carbocycles. The smallest absolute Gasteiger partial charge is 0.416 e. The van der Waals surface area contributed by atoms with E-state index in [-0.39, 0.29) is 17.2 Å². The van der Waals surface area contributed by atoms with Crippen molar-refractivity contribution in [3.8, 4) is 5.69 Å². The summed E-state index contributed by atoms with van der Waals surface area (Å²) in [6, 6.07) is 12.0. The van der Waals surface area contributed by atoms with E-state index in [4.69, 9.17) is 4.74 Å². The third-order valence-electron chi connectivity index (χ3n) is 5.02. The van der Waals surface area contributed by atoms with Crippen LogP contribution in [0.5, 0.6) is 0 Å². The molecule has 174 valence electrons. The van der Waals surface area contributed by atoms with Crippen LogP contribution in [0.15, 0.2) is 64.2 Å². The number of aryl methyl sites for hydroxylation is 1. The monoisotopic (exact) mass is 470 g/mol. The zero-order chi connectivity index (χ0) is 24.6. The molecule has 4 aromatic rings. The summed E-state index contributed by atoms with van der Waals surface area (Å²) in [7, 11) is 0. The molecule has 0 amide bonds. The van der Waals surface area contributed by atoms with Gasteiger partial charge < -0.3 is 9.72 Å². The summed E-state index contributed by atoms with van der Waals surface area (Å²) >= 11 is 0. The first-order valence-electron chi connectivity index (χ1n) is 10.0. The highest BCUT2D eigenvalue weighted by molar-refractivity contribution is 5.87. The zero-order valence-electron chi connectivity index (χ0n) is 17.9. The summed E-state index contributed by atoms with van der Waals surface area (Å²) < 4.78 is 45.6. The zero-order valence-corrected chi connectivity index (χ0v) is 17.9. The van der Waals surface area contributed by atoms with Gasteiger partial charge in [-0.1, -0.05) is 18.2 Å². The van der Waals surface area contributed by atoms with Gasteiger partial charge in [-0.15, -0.1) is 0 Å². The van der Waals surface area contributed by atoms with Gasteiger partial charge >= 0.3 is 12.1 Å². The van der Waals surface area contributed by atoms with E-state index < -0.39 is 40.5 Å². The number of carbonyl (C=O) groups excluding carboxylic acids is 1. The van der Waals surface area contributed by atoms with Crippen molar-refractivity contribution < 1.29 is 22.7 Å². The number of hydrogen-bond acceptors (Lipinski definition) is 6. The van der Waals surface area contributed by atoms with E-state index in [1.54, 1.807) is 24.3 Å². The predicted octanol–water partition coefficient (Wildman–Crippen LogP) is 3.71. The Labute approximate surface area is 189 Å². The Morgan fingerprint density at radius 3 is 2.56 bits per heavy atom. The van der Waals surface area contributed by atoms with Gasteiger partial charge in [-0.25, -0.2) is 14.5 Å². The molecule has 34 heavy (non-hydrogen) atoms. The van der Waals surface area contributed by atoms with Crippen molar-refractivity contribution in [2.45, 2.75) is 26.1 Å². The lowest BCUT2D eigenvalue weighted by Gasteiger charge is -2.15. The van der Waals surface area contributed by atoms with Crippen LogP contribution in [-0.4, -0.2) is 25.7 Å². The van der Waals surface area contributed by atoms with Gasteiger partial charge in [0.2, 0.25) is 11.1 Å². The fraction of sp³-hybridized carbons (Fsp3) is 0.174. The average molecular weight is 470 g/mol. The fourth-order valence-corrected chi connectivity index (χ4v) is 3.33. The number of ether oxygens (including phenoxy) is 1. The Hall–Kier alpha value is -4.28. The standard InChI is InChI=1S/C23H17F3N4O4/c1-12-10-18(31)19(29-30(12)15-7-5-6-14(11-15)23(24,25)26)22(33)34-13(2)20-27-17-9-4-3-8-16(17)21(32)28-20/h3-11,13H,1-2H3,(H,27,28,32). The molecule has 0 aliphatic heterocycles. The molecule has 0 spiro atoms. The van der Waals surface area contributed by atoms with Gasteiger partial charge in [-0.05, 0) is 44.2 Å². The molecule has 0 fully saturated rings. The second-order valence-corrected chi connectivity index (χ2v) is 7.47. The summed E-state index contributed by atoms with van der Waals surface area (Å²) in [6.45, 7) is 2.92. The van der Waals surface area contributed by atoms with E-state index in [0.717, 1.165) is 22.9 Å². The molecule has 2 heterocycles. The second-order valence-electron chi connectivity index (χ2n) is 7.47. The molecule has 0 radical (unpaired) electrons. The molecule has 0 bridgehead atoms. The molecule has 0 saturated heterocycles. The van der Waals surface area contributed by atoms with Crippen molar-refractivity contribution in [1.82, 2.24) is 19.7 Å². The third-order valence-corrected chi connectivity index (χ3v) is 5.02. The molecule has 1 atom stereocenters. The maximum Gasteiger partial charge on any atom is 0.416 e. The van der Waals surface area contributed by atoms with Crippen LogP contribution in [-0.2, 0) is 10.9 Å². The molecule has 1 N–H and O–H groups in total. The van der Waals surface area contributed by atoms with Gasteiger partial charge in [0.15, 0.2) is 11.9 Å². The number of alkyl halides is 3. The van der Waals surface area contributed by atoms with Crippen LogP contribution in [0.2, 0.25) is 0 Å². The molecule has 8 nitrogen and oxygen atoms in total. The number of hydrogen-bond donors (Lipinski definition) is 1. The van der Waals surface area contributed by atoms with Gasteiger partial charge in [0.25, 0.3) is 5.56 Å². The summed E-state index contributed by atoms with van der Waals surface area (Å²) in [5, 5.41) is 4.30. The van der Waals surface area contributed by atoms with E-state index in [9.17, 15) is 27.6 Å². The SMILES string of the molecule is Cc1cc(=O)c(C(=O)OC(C)c2nc3ccccc3c(=O)[nH]2)nn1-c1cccc(C(F)(F)F)c1. The lowest BCUT2D eigenvalue weighted by Crippen LogP contribution is -2.26. The van der Waals surface area contributed by atoms with Crippen LogP contribution >= 0.6 is 0 Å². The summed E-state index contributed by atoms with van der Waals surface area (Å²) in [5.74, 6) is -1.06. The number of aromatic nitrogens is 4. The van der Waals surface area contributed by atoms with E-state index in [2.05, 4.69) is 15.1 Å². The predicted molar refractivity (Wildman–Crippen MR) is 116 cm³/mol.